The lowest BCUT2D eigenvalue weighted by molar-refractivity contribution is 0.689. The Hall–Kier alpha value is -1.45. The minimum absolute atomic E-state index is 0.557. The van der Waals surface area contributed by atoms with Gasteiger partial charge in [0.1, 0.15) is 5.15 Å². The molecular weight excluding hydrogens is 222 g/mol. The standard InChI is InChI=1S/C12H12ClN3/c13-12-11(4-2-6-16-12)9-15-8-10-3-1-5-14-7-10/h1-7,15H,8-9H2. The van der Waals surface area contributed by atoms with Gasteiger partial charge in [0.25, 0.3) is 0 Å². The molecule has 0 aliphatic carbocycles. The quantitative estimate of drug-likeness (QED) is 0.825. The average molecular weight is 234 g/mol. The van der Waals surface area contributed by atoms with Crippen LogP contribution in [0, 0.1) is 0 Å². The number of pyridine rings is 2. The lowest BCUT2D eigenvalue weighted by Gasteiger charge is -2.05. The number of hydrogen-bond acceptors (Lipinski definition) is 3. The summed E-state index contributed by atoms with van der Waals surface area (Å²) in [5, 5.41) is 3.85. The highest BCUT2D eigenvalue weighted by Gasteiger charge is 1.99. The molecule has 0 unspecified atom stereocenters. The Balaban J connectivity index is 1.87. The van der Waals surface area contributed by atoms with Crippen LogP contribution in [0.1, 0.15) is 11.1 Å². The lowest BCUT2D eigenvalue weighted by Crippen LogP contribution is -2.13. The Kier molecular flexibility index (Phi) is 3.86. The zero-order chi connectivity index (χ0) is 11.2. The Bertz CT molecular complexity index is 445. The van der Waals surface area contributed by atoms with E-state index in [1.165, 1.54) is 0 Å². The van der Waals surface area contributed by atoms with E-state index in [2.05, 4.69) is 15.3 Å². The molecule has 0 saturated carbocycles. The number of hydrogen-bond donors (Lipinski definition) is 1. The minimum atomic E-state index is 0.557. The largest absolute Gasteiger partial charge is 0.308 e. The topological polar surface area (TPSA) is 37.8 Å². The molecule has 82 valence electrons. The van der Waals surface area contributed by atoms with Crippen LogP contribution in [0.3, 0.4) is 0 Å². The lowest BCUT2D eigenvalue weighted by atomic mass is 10.2. The molecule has 0 aromatic carbocycles. The molecule has 0 amide bonds. The molecule has 0 spiro atoms. The van der Waals surface area contributed by atoms with Gasteiger partial charge >= 0.3 is 0 Å². The van der Waals surface area contributed by atoms with Gasteiger partial charge in [0.2, 0.25) is 0 Å². The average Bonchev–Trinajstić information content (AvgIpc) is 2.33. The maximum Gasteiger partial charge on any atom is 0.133 e. The maximum absolute atomic E-state index is 5.94. The van der Waals surface area contributed by atoms with Crippen LogP contribution >= 0.6 is 11.6 Å². The molecular formula is C12H12ClN3. The molecule has 0 radical (unpaired) electrons. The first kappa shape index (κ1) is 11.0. The van der Waals surface area contributed by atoms with Gasteiger partial charge in [-0.2, -0.15) is 0 Å². The summed E-state index contributed by atoms with van der Waals surface area (Å²) in [5.41, 5.74) is 2.16. The summed E-state index contributed by atoms with van der Waals surface area (Å²) in [6.45, 7) is 1.49. The first-order valence-electron chi connectivity index (χ1n) is 5.05. The van der Waals surface area contributed by atoms with Crippen molar-refractivity contribution in [3.63, 3.8) is 0 Å². The zero-order valence-electron chi connectivity index (χ0n) is 8.73. The van der Waals surface area contributed by atoms with E-state index in [4.69, 9.17) is 11.6 Å². The maximum atomic E-state index is 5.94. The summed E-state index contributed by atoms with van der Waals surface area (Å²) in [6.07, 6.45) is 5.30. The first-order chi connectivity index (χ1) is 7.86. The second kappa shape index (κ2) is 5.58. The second-order valence-corrected chi connectivity index (χ2v) is 3.78. The van der Waals surface area contributed by atoms with Crippen LogP contribution in [0.15, 0.2) is 42.9 Å². The zero-order valence-corrected chi connectivity index (χ0v) is 9.48. The van der Waals surface area contributed by atoms with E-state index >= 15 is 0 Å². The van der Waals surface area contributed by atoms with Gasteiger partial charge in [0.05, 0.1) is 0 Å². The van der Waals surface area contributed by atoms with Crippen molar-refractivity contribution in [3.8, 4) is 0 Å². The Labute approximate surface area is 99.5 Å². The van der Waals surface area contributed by atoms with Crippen molar-refractivity contribution in [2.75, 3.05) is 0 Å². The predicted molar refractivity (Wildman–Crippen MR) is 64.0 cm³/mol. The van der Waals surface area contributed by atoms with Crippen LogP contribution in [0.5, 0.6) is 0 Å². The van der Waals surface area contributed by atoms with Crippen LogP contribution in [0.25, 0.3) is 0 Å². The summed E-state index contributed by atoms with van der Waals surface area (Å²) in [4.78, 5) is 8.07. The normalized spacial score (nSPS) is 10.3. The predicted octanol–water partition coefficient (Wildman–Crippen LogP) is 2.42. The summed E-state index contributed by atoms with van der Waals surface area (Å²) in [5.74, 6) is 0. The second-order valence-electron chi connectivity index (χ2n) is 3.42. The highest BCUT2D eigenvalue weighted by Crippen LogP contribution is 2.10. The third-order valence-electron chi connectivity index (χ3n) is 2.20. The van der Waals surface area contributed by atoms with E-state index in [-0.39, 0.29) is 0 Å². The molecule has 0 aliphatic heterocycles. The molecule has 2 rings (SSSR count). The minimum Gasteiger partial charge on any atom is -0.308 e. The van der Waals surface area contributed by atoms with E-state index in [9.17, 15) is 0 Å². The number of nitrogens with one attached hydrogen (secondary N) is 1. The van der Waals surface area contributed by atoms with Crippen molar-refractivity contribution < 1.29 is 0 Å². The fourth-order valence-corrected chi connectivity index (χ4v) is 1.58. The number of halogens is 1. The molecule has 0 bridgehead atoms. The van der Waals surface area contributed by atoms with Crippen molar-refractivity contribution >= 4 is 11.6 Å². The smallest absolute Gasteiger partial charge is 0.133 e. The van der Waals surface area contributed by atoms with Crippen LogP contribution < -0.4 is 5.32 Å². The highest BCUT2D eigenvalue weighted by atomic mass is 35.5. The molecule has 2 aromatic rings. The molecule has 4 heteroatoms. The molecule has 0 saturated heterocycles. The van der Waals surface area contributed by atoms with E-state index in [0.717, 1.165) is 17.7 Å². The summed E-state index contributed by atoms with van der Waals surface area (Å²) >= 11 is 5.94. The van der Waals surface area contributed by atoms with Crippen molar-refractivity contribution in [1.29, 1.82) is 0 Å². The molecule has 16 heavy (non-hydrogen) atoms. The van der Waals surface area contributed by atoms with E-state index < -0.39 is 0 Å². The van der Waals surface area contributed by atoms with Gasteiger partial charge in [-0.15, -0.1) is 0 Å². The van der Waals surface area contributed by atoms with Gasteiger partial charge in [-0.3, -0.25) is 4.98 Å². The third kappa shape index (κ3) is 3.02. The molecule has 1 N–H and O–H groups in total. The SMILES string of the molecule is Clc1ncccc1CNCc1cccnc1. The number of rotatable bonds is 4. The monoisotopic (exact) mass is 233 g/mol. The summed E-state index contributed by atoms with van der Waals surface area (Å²) in [7, 11) is 0. The number of aromatic nitrogens is 2. The van der Waals surface area contributed by atoms with E-state index in [1.807, 2.05) is 30.5 Å². The van der Waals surface area contributed by atoms with Crippen LogP contribution in [0.2, 0.25) is 5.15 Å². The molecule has 0 atom stereocenters. The van der Waals surface area contributed by atoms with Gasteiger partial charge in [-0.1, -0.05) is 23.7 Å². The molecule has 2 aromatic heterocycles. The van der Waals surface area contributed by atoms with Crippen molar-refractivity contribution in [2.45, 2.75) is 13.1 Å². The fraction of sp³-hybridized carbons (Fsp3) is 0.167. The number of nitrogens with zero attached hydrogens (tertiary/aromatic N) is 2. The third-order valence-corrected chi connectivity index (χ3v) is 2.54. The van der Waals surface area contributed by atoms with Gasteiger partial charge in [0, 0.05) is 37.2 Å². The van der Waals surface area contributed by atoms with Crippen molar-refractivity contribution in [2.24, 2.45) is 0 Å². The molecule has 3 nitrogen and oxygen atoms in total. The first-order valence-corrected chi connectivity index (χ1v) is 5.43. The van der Waals surface area contributed by atoms with Gasteiger partial charge in [0.15, 0.2) is 0 Å². The van der Waals surface area contributed by atoms with Gasteiger partial charge < -0.3 is 5.32 Å². The van der Waals surface area contributed by atoms with E-state index in [0.29, 0.717) is 11.7 Å². The van der Waals surface area contributed by atoms with Crippen LogP contribution in [0.4, 0.5) is 0 Å². The van der Waals surface area contributed by atoms with Crippen molar-refractivity contribution in [3.05, 3.63) is 59.1 Å². The molecule has 0 fully saturated rings. The van der Waals surface area contributed by atoms with Gasteiger partial charge in [-0.25, -0.2) is 4.98 Å². The van der Waals surface area contributed by atoms with Crippen LogP contribution in [-0.2, 0) is 13.1 Å². The van der Waals surface area contributed by atoms with E-state index in [1.54, 1.807) is 12.4 Å². The Morgan fingerprint density at radius 2 is 2.00 bits per heavy atom. The van der Waals surface area contributed by atoms with Crippen LogP contribution in [-0.4, -0.2) is 9.97 Å². The summed E-state index contributed by atoms with van der Waals surface area (Å²) in [6, 6.07) is 7.80. The Morgan fingerprint density at radius 3 is 2.75 bits per heavy atom. The molecule has 2 heterocycles. The highest BCUT2D eigenvalue weighted by molar-refractivity contribution is 6.30. The van der Waals surface area contributed by atoms with Gasteiger partial charge in [-0.05, 0) is 17.7 Å². The van der Waals surface area contributed by atoms with Crippen molar-refractivity contribution in [1.82, 2.24) is 15.3 Å². The Morgan fingerprint density at radius 1 is 1.12 bits per heavy atom. The fourth-order valence-electron chi connectivity index (χ4n) is 1.40. The summed E-state index contributed by atoms with van der Waals surface area (Å²) < 4.78 is 0. The molecule has 0 aliphatic rings.